The van der Waals surface area contributed by atoms with E-state index < -0.39 is 0 Å². The van der Waals surface area contributed by atoms with Gasteiger partial charge in [-0.25, -0.2) is 19.9 Å². The Bertz CT molecular complexity index is 412. The third-order valence-electron chi connectivity index (χ3n) is 1.78. The highest BCUT2D eigenvalue weighted by Gasteiger charge is 2.07. The summed E-state index contributed by atoms with van der Waals surface area (Å²) in [4.78, 5) is 15.4. The zero-order valence-electron chi connectivity index (χ0n) is 7.25. The van der Waals surface area contributed by atoms with Crippen LogP contribution in [0, 0.1) is 0 Å². The molecule has 2 rings (SSSR count). The Hall–Kier alpha value is -2.24. The minimum atomic E-state index is 0.363. The van der Waals surface area contributed by atoms with E-state index in [1.165, 1.54) is 12.7 Å². The van der Waals surface area contributed by atoms with Gasteiger partial charge in [0.15, 0.2) is 0 Å². The van der Waals surface area contributed by atoms with Gasteiger partial charge in [0, 0.05) is 23.5 Å². The number of rotatable bonds is 1. The molecule has 0 radical (unpaired) electrons. The highest BCUT2D eigenvalue weighted by Crippen LogP contribution is 2.25. The number of nitrogens with two attached hydrogens (primary N) is 2. The van der Waals surface area contributed by atoms with Gasteiger partial charge < -0.3 is 11.5 Å². The van der Waals surface area contributed by atoms with E-state index in [1.807, 2.05) is 0 Å². The summed E-state index contributed by atoms with van der Waals surface area (Å²) in [5, 5.41) is 0. The Morgan fingerprint density at radius 1 is 0.786 bits per heavy atom. The molecule has 0 spiro atoms. The fourth-order valence-corrected chi connectivity index (χ4v) is 1.09. The summed E-state index contributed by atoms with van der Waals surface area (Å²) in [7, 11) is 0. The molecule has 6 nitrogen and oxygen atoms in total. The summed E-state index contributed by atoms with van der Waals surface area (Å²) in [6.07, 6.45) is 5.91. The molecule has 0 saturated carbocycles. The second kappa shape index (κ2) is 3.25. The number of nitrogen functional groups attached to an aromatic ring is 2. The maximum Gasteiger partial charge on any atom is 0.134 e. The quantitative estimate of drug-likeness (QED) is 0.657. The van der Waals surface area contributed by atoms with Crippen LogP contribution in [-0.2, 0) is 0 Å². The predicted octanol–water partition coefficient (Wildman–Crippen LogP) is 0.0980. The van der Waals surface area contributed by atoms with Gasteiger partial charge in [0.25, 0.3) is 0 Å². The molecule has 70 valence electrons. The van der Waals surface area contributed by atoms with Crippen molar-refractivity contribution in [3.8, 4) is 11.1 Å². The third kappa shape index (κ3) is 1.33. The van der Waals surface area contributed by atoms with Crippen LogP contribution < -0.4 is 11.5 Å². The second-order valence-corrected chi connectivity index (χ2v) is 2.64. The van der Waals surface area contributed by atoms with Gasteiger partial charge in [-0.1, -0.05) is 0 Å². The Labute approximate surface area is 80.0 Å². The van der Waals surface area contributed by atoms with E-state index in [0.29, 0.717) is 22.8 Å². The van der Waals surface area contributed by atoms with Crippen molar-refractivity contribution >= 4 is 11.6 Å². The number of hydrogen-bond acceptors (Lipinski definition) is 6. The second-order valence-electron chi connectivity index (χ2n) is 2.64. The molecule has 0 aliphatic rings. The molecule has 6 heteroatoms. The Balaban J connectivity index is 2.61. The largest absolute Gasteiger partial charge is 0.383 e. The minimum absolute atomic E-state index is 0.363. The highest BCUT2D eigenvalue weighted by molar-refractivity contribution is 5.79. The van der Waals surface area contributed by atoms with Crippen molar-refractivity contribution in [1.29, 1.82) is 0 Å². The first-order chi connectivity index (χ1) is 6.79. The van der Waals surface area contributed by atoms with Gasteiger partial charge in [-0.15, -0.1) is 0 Å². The lowest BCUT2D eigenvalue weighted by molar-refractivity contribution is 1.15. The van der Waals surface area contributed by atoms with Crippen LogP contribution >= 0.6 is 0 Å². The van der Waals surface area contributed by atoms with E-state index in [9.17, 15) is 0 Å². The van der Waals surface area contributed by atoms with Gasteiger partial charge in [0.2, 0.25) is 0 Å². The van der Waals surface area contributed by atoms with Crippen LogP contribution in [0.3, 0.4) is 0 Å². The van der Waals surface area contributed by atoms with Gasteiger partial charge in [-0.2, -0.15) is 0 Å². The average Bonchev–Trinajstić information content (AvgIpc) is 2.20. The Morgan fingerprint density at radius 2 is 1.21 bits per heavy atom. The van der Waals surface area contributed by atoms with Crippen LogP contribution in [0.1, 0.15) is 0 Å². The lowest BCUT2D eigenvalue weighted by Crippen LogP contribution is -1.99. The summed E-state index contributed by atoms with van der Waals surface area (Å²) in [5.74, 6) is 0.725. The van der Waals surface area contributed by atoms with E-state index >= 15 is 0 Å². The summed E-state index contributed by atoms with van der Waals surface area (Å²) in [6.45, 7) is 0. The third-order valence-corrected chi connectivity index (χ3v) is 1.78. The topological polar surface area (TPSA) is 104 Å². The first-order valence-electron chi connectivity index (χ1n) is 3.90. The normalized spacial score (nSPS) is 10.0. The van der Waals surface area contributed by atoms with Crippen molar-refractivity contribution in [3.05, 3.63) is 25.0 Å². The number of nitrogens with zero attached hydrogens (tertiary/aromatic N) is 4. The van der Waals surface area contributed by atoms with Crippen LogP contribution in [0.4, 0.5) is 11.6 Å². The molecule has 0 aromatic carbocycles. The van der Waals surface area contributed by atoms with Crippen molar-refractivity contribution in [2.75, 3.05) is 11.5 Å². The molecule has 0 aliphatic carbocycles. The first kappa shape index (κ1) is 8.36. The summed E-state index contributed by atoms with van der Waals surface area (Å²) in [5.41, 5.74) is 12.6. The van der Waals surface area contributed by atoms with Crippen LogP contribution in [0.15, 0.2) is 25.0 Å². The SMILES string of the molecule is Nc1ncncc1-c1cncnc1N. The van der Waals surface area contributed by atoms with Gasteiger partial charge in [0.1, 0.15) is 24.3 Å². The first-order valence-corrected chi connectivity index (χ1v) is 3.90. The van der Waals surface area contributed by atoms with Crippen molar-refractivity contribution < 1.29 is 0 Å². The molecule has 0 unspecified atom stereocenters. The molecule has 2 heterocycles. The number of hydrogen-bond donors (Lipinski definition) is 2. The highest BCUT2D eigenvalue weighted by atomic mass is 14.9. The maximum absolute atomic E-state index is 5.66. The van der Waals surface area contributed by atoms with Crippen molar-refractivity contribution in [2.45, 2.75) is 0 Å². The molecular formula is C8H8N6. The van der Waals surface area contributed by atoms with Crippen LogP contribution in [0.2, 0.25) is 0 Å². The van der Waals surface area contributed by atoms with Crippen molar-refractivity contribution in [1.82, 2.24) is 19.9 Å². The molecule has 2 aromatic rings. The van der Waals surface area contributed by atoms with Crippen LogP contribution in [-0.4, -0.2) is 19.9 Å². The average molecular weight is 188 g/mol. The fourth-order valence-electron chi connectivity index (χ4n) is 1.09. The Morgan fingerprint density at radius 3 is 1.57 bits per heavy atom. The smallest absolute Gasteiger partial charge is 0.134 e. The zero-order valence-corrected chi connectivity index (χ0v) is 7.25. The fraction of sp³-hybridized carbons (Fsp3) is 0. The standard InChI is InChI=1S/C8H8N6/c9-7-5(1-11-3-13-7)6-2-12-4-14-8(6)10/h1-4H,(H2,9,11,13)(H2,10,12,14). The van der Waals surface area contributed by atoms with Gasteiger partial charge in [-0.05, 0) is 0 Å². The van der Waals surface area contributed by atoms with E-state index in [2.05, 4.69) is 19.9 Å². The van der Waals surface area contributed by atoms with E-state index in [0.717, 1.165) is 0 Å². The van der Waals surface area contributed by atoms with Crippen LogP contribution in [0.5, 0.6) is 0 Å². The monoisotopic (exact) mass is 188 g/mol. The molecule has 0 atom stereocenters. The van der Waals surface area contributed by atoms with Gasteiger partial charge >= 0.3 is 0 Å². The van der Waals surface area contributed by atoms with E-state index in [1.54, 1.807) is 12.4 Å². The molecule has 0 aliphatic heterocycles. The molecule has 0 bridgehead atoms. The molecule has 2 aromatic heterocycles. The molecule has 0 amide bonds. The molecule has 0 fully saturated rings. The van der Waals surface area contributed by atoms with Crippen molar-refractivity contribution in [2.24, 2.45) is 0 Å². The number of aromatic nitrogens is 4. The molecule has 14 heavy (non-hydrogen) atoms. The number of anilines is 2. The molecular weight excluding hydrogens is 180 g/mol. The van der Waals surface area contributed by atoms with Crippen LogP contribution in [0.25, 0.3) is 11.1 Å². The Kier molecular flexibility index (Phi) is 1.94. The molecule has 4 N–H and O–H groups in total. The van der Waals surface area contributed by atoms with Gasteiger partial charge in [-0.3, -0.25) is 0 Å². The predicted molar refractivity (Wildman–Crippen MR) is 51.9 cm³/mol. The maximum atomic E-state index is 5.66. The lowest BCUT2D eigenvalue weighted by Gasteiger charge is -2.04. The summed E-state index contributed by atoms with van der Waals surface area (Å²) in [6, 6.07) is 0. The van der Waals surface area contributed by atoms with Crippen molar-refractivity contribution in [3.63, 3.8) is 0 Å². The zero-order chi connectivity index (χ0) is 9.97. The van der Waals surface area contributed by atoms with E-state index in [-0.39, 0.29) is 0 Å². The minimum Gasteiger partial charge on any atom is -0.383 e. The van der Waals surface area contributed by atoms with Gasteiger partial charge in [0.05, 0.1) is 0 Å². The van der Waals surface area contributed by atoms with E-state index in [4.69, 9.17) is 11.5 Å². The summed E-state index contributed by atoms with van der Waals surface area (Å²) < 4.78 is 0. The molecule has 0 saturated heterocycles. The lowest BCUT2D eigenvalue weighted by atomic mass is 10.1. The summed E-state index contributed by atoms with van der Waals surface area (Å²) >= 11 is 0.